The lowest BCUT2D eigenvalue weighted by molar-refractivity contribution is -0.138. The smallest absolute Gasteiger partial charge is 0.407 e. The van der Waals surface area contributed by atoms with Gasteiger partial charge in [0.1, 0.15) is 29.8 Å². The van der Waals surface area contributed by atoms with Crippen LogP contribution in [0.25, 0.3) is 22.1 Å². The maximum absolute atomic E-state index is 12.8. The zero-order chi connectivity index (χ0) is 54.2. The molecule has 1 aliphatic carbocycles. The number of carbonyl (C=O) groups excluding carboxylic acids is 6. The van der Waals surface area contributed by atoms with Crippen LogP contribution in [-0.2, 0) is 33.5 Å². The van der Waals surface area contributed by atoms with Crippen molar-refractivity contribution < 1.29 is 57.7 Å². The van der Waals surface area contributed by atoms with Gasteiger partial charge in [0.25, 0.3) is 5.91 Å². The highest BCUT2D eigenvalue weighted by Crippen LogP contribution is 2.44. The molecule has 0 saturated carbocycles. The quantitative estimate of drug-likeness (QED) is 0.0316. The Morgan fingerprint density at radius 3 is 1.78 bits per heavy atom. The van der Waals surface area contributed by atoms with Crippen molar-refractivity contribution in [2.24, 2.45) is 5.73 Å². The van der Waals surface area contributed by atoms with E-state index in [1.54, 1.807) is 6.07 Å². The fourth-order valence-electron chi connectivity index (χ4n) is 7.74. The number of amides is 6. The number of hydrogen-bond acceptors (Lipinski definition) is 12. The van der Waals surface area contributed by atoms with Crippen molar-refractivity contribution in [3.63, 3.8) is 0 Å². The van der Waals surface area contributed by atoms with Crippen LogP contribution in [0.4, 0.5) is 10.5 Å². The molecule has 6 rings (SSSR count). The van der Waals surface area contributed by atoms with Crippen LogP contribution in [0.1, 0.15) is 92.3 Å². The first kappa shape index (κ1) is 58.0. The van der Waals surface area contributed by atoms with E-state index in [2.05, 4.69) is 64.4 Å². The lowest BCUT2D eigenvalue weighted by Crippen LogP contribution is -2.53. The normalized spacial score (nSPS) is 11.8. The van der Waals surface area contributed by atoms with Gasteiger partial charge in [0.2, 0.25) is 23.6 Å². The molecular formula is C54H65N7O13. The summed E-state index contributed by atoms with van der Waals surface area (Å²) in [6, 6.07) is 30.2. The van der Waals surface area contributed by atoms with E-state index in [1.165, 1.54) is 5.56 Å². The number of primary amides is 1. The van der Waals surface area contributed by atoms with Crippen molar-refractivity contribution in [1.29, 1.82) is 0 Å². The highest BCUT2D eigenvalue weighted by molar-refractivity contribution is 5.97. The molecule has 0 fully saturated rings. The van der Waals surface area contributed by atoms with E-state index in [1.807, 2.05) is 91.9 Å². The summed E-state index contributed by atoms with van der Waals surface area (Å²) in [6.45, 7) is 9.32. The summed E-state index contributed by atoms with van der Waals surface area (Å²) >= 11 is 0. The SMILES string of the molecule is CCCCNC(=O)c1cc2ccc(N(CC)CC)cc2oc1=O.Cc1ccccc1.NC(=O)CNC(=O)C(CCC(=O)O)NC(=O)CNC(=O)C(CCC(=O)O)NC(=O)OCC1c2ccccc2-c2ccccc21. The van der Waals surface area contributed by atoms with Gasteiger partial charge in [0.05, 0.1) is 13.1 Å². The third-order valence-corrected chi connectivity index (χ3v) is 11.6. The molecule has 20 heteroatoms. The maximum Gasteiger partial charge on any atom is 0.407 e. The molecule has 5 aromatic rings. The molecule has 4 aromatic carbocycles. The van der Waals surface area contributed by atoms with E-state index in [0.29, 0.717) is 12.1 Å². The number of nitrogens with two attached hydrogens (primary N) is 1. The van der Waals surface area contributed by atoms with Crippen LogP contribution in [0, 0.1) is 6.92 Å². The second-order valence-electron chi connectivity index (χ2n) is 17.0. The maximum atomic E-state index is 12.8. The molecule has 9 N–H and O–H groups in total. The number of aliphatic carboxylic acids is 2. The van der Waals surface area contributed by atoms with Gasteiger partial charge in [0.15, 0.2) is 0 Å². The Kier molecular flexibility index (Phi) is 23.3. The first-order valence-corrected chi connectivity index (χ1v) is 24.3. The van der Waals surface area contributed by atoms with Gasteiger partial charge in [-0.1, -0.05) is 97.8 Å². The topological polar surface area (TPSA) is 306 Å². The van der Waals surface area contributed by atoms with E-state index in [4.69, 9.17) is 25.1 Å². The predicted octanol–water partition coefficient (Wildman–Crippen LogP) is 4.99. The summed E-state index contributed by atoms with van der Waals surface area (Å²) in [6.07, 6.45) is -0.692. The standard InChI is InChI=1S/C29H33N5O10.C18H24N2O3.C7H8/c30-23(35)13-31-27(41)21(9-11-25(37)38)33-24(36)14-32-28(42)22(10-12-26(39)40)34-29(43)44-15-20-18-7-3-1-5-16(18)17-6-2-4-8-19(17)20;1-4-7-10-19-17(21)15-11-13-8-9-14(20(5-2)6-3)12-16(13)23-18(15)22;1-7-5-3-2-4-6-7/h1-8,20-22H,9-15H2,(H2,30,35)(H,31,41)(H,32,42)(H,33,36)(H,34,43)(H,37,38)(H,39,40);8-9,11-12H,4-7,10H2,1-3H3,(H,19,21);2-6H,1H3. The highest BCUT2D eigenvalue weighted by Gasteiger charge is 2.30. The molecular weight excluding hydrogens is 955 g/mol. The van der Waals surface area contributed by atoms with Crippen LogP contribution in [-0.4, -0.2) is 109 Å². The van der Waals surface area contributed by atoms with Crippen molar-refractivity contribution in [3.05, 3.63) is 136 Å². The second kappa shape index (κ2) is 29.7. The van der Waals surface area contributed by atoms with Crippen molar-refractivity contribution >= 4 is 64.2 Å². The molecule has 1 heterocycles. The first-order chi connectivity index (χ1) is 35.4. The summed E-state index contributed by atoms with van der Waals surface area (Å²) < 4.78 is 10.8. The number of fused-ring (bicyclic) bond motifs is 4. The molecule has 0 spiro atoms. The van der Waals surface area contributed by atoms with E-state index >= 15 is 0 Å². The number of ether oxygens (including phenoxy) is 1. The molecule has 0 saturated heterocycles. The molecule has 1 aromatic heterocycles. The van der Waals surface area contributed by atoms with Gasteiger partial charge in [-0.2, -0.15) is 0 Å². The van der Waals surface area contributed by atoms with Crippen LogP contribution in [0.3, 0.4) is 0 Å². The molecule has 20 nitrogen and oxygen atoms in total. The fourth-order valence-corrected chi connectivity index (χ4v) is 7.74. The minimum Gasteiger partial charge on any atom is -0.481 e. The molecule has 0 bridgehead atoms. The van der Waals surface area contributed by atoms with Gasteiger partial charge in [-0.25, -0.2) is 9.59 Å². The summed E-state index contributed by atoms with van der Waals surface area (Å²) in [5, 5.41) is 30.5. The minimum atomic E-state index is -1.38. The van der Waals surface area contributed by atoms with E-state index in [0.717, 1.165) is 59.3 Å². The summed E-state index contributed by atoms with van der Waals surface area (Å²) in [5.41, 5.74) is 11.3. The molecule has 1 aliphatic rings. The van der Waals surface area contributed by atoms with Gasteiger partial charge in [0, 0.05) is 55.5 Å². The Hall–Kier alpha value is -8.55. The molecule has 74 heavy (non-hydrogen) atoms. The molecule has 394 valence electrons. The Labute approximate surface area is 428 Å². The number of carbonyl (C=O) groups is 8. The fraction of sp³-hybridized carbons (Fsp3) is 0.352. The van der Waals surface area contributed by atoms with Crippen molar-refractivity contribution in [1.82, 2.24) is 26.6 Å². The van der Waals surface area contributed by atoms with E-state index in [9.17, 15) is 43.2 Å². The Balaban J connectivity index is 0.000000325. The average Bonchev–Trinajstić information content (AvgIpc) is 3.70. The van der Waals surface area contributed by atoms with Crippen LogP contribution >= 0.6 is 0 Å². The Bertz CT molecular complexity index is 2750. The molecule has 2 unspecified atom stereocenters. The summed E-state index contributed by atoms with van der Waals surface area (Å²) in [4.78, 5) is 110. The Morgan fingerprint density at radius 2 is 1.26 bits per heavy atom. The van der Waals surface area contributed by atoms with Crippen molar-refractivity contribution in [2.75, 3.05) is 44.2 Å². The molecule has 0 aliphatic heterocycles. The molecule has 0 radical (unpaired) electrons. The summed E-state index contributed by atoms with van der Waals surface area (Å²) in [5.74, 6) is -6.58. The van der Waals surface area contributed by atoms with Crippen LogP contribution in [0.2, 0.25) is 0 Å². The van der Waals surface area contributed by atoms with Gasteiger partial charge >= 0.3 is 23.7 Å². The number of alkyl carbamates (subject to hydrolysis) is 1. The number of unbranched alkanes of at least 4 members (excludes halogenated alkanes) is 1. The van der Waals surface area contributed by atoms with Gasteiger partial charge in [-0.15, -0.1) is 0 Å². The number of aryl methyl sites for hydroxylation is 1. The third-order valence-electron chi connectivity index (χ3n) is 11.6. The number of nitrogens with one attached hydrogen (secondary N) is 5. The number of anilines is 1. The number of hydrogen-bond donors (Lipinski definition) is 8. The van der Waals surface area contributed by atoms with Gasteiger partial charge in [-0.05, 0) is 80.5 Å². The number of carboxylic acids is 2. The lowest BCUT2D eigenvalue weighted by atomic mass is 9.98. The Morgan fingerprint density at radius 1 is 0.703 bits per heavy atom. The number of carboxylic acid groups (broad SMARTS) is 2. The number of nitrogens with zero attached hydrogens (tertiary/aromatic N) is 1. The van der Waals surface area contributed by atoms with Gasteiger partial charge in [-0.3, -0.25) is 33.6 Å². The van der Waals surface area contributed by atoms with Crippen molar-refractivity contribution in [3.8, 4) is 11.1 Å². The van der Waals surface area contributed by atoms with Gasteiger partial charge < -0.3 is 56.6 Å². The van der Waals surface area contributed by atoms with Crippen LogP contribution < -0.4 is 42.8 Å². The first-order valence-electron chi connectivity index (χ1n) is 24.3. The third kappa shape index (κ3) is 18.2. The minimum absolute atomic E-state index is 0.0505. The second-order valence-corrected chi connectivity index (χ2v) is 17.0. The predicted molar refractivity (Wildman–Crippen MR) is 277 cm³/mol. The molecule has 2 atom stereocenters. The van der Waals surface area contributed by atoms with E-state index < -0.39 is 85.3 Å². The largest absolute Gasteiger partial charge is 0.481 e. The zero-order valence-corrected chi connectivity index (χ0v) is 41.9. The van der Waals surface area contributed by atoms with Crippen molar-refractivity contribution in [2.45, 2.75) is 84.2 Å². The zero-order valence-electron chi connectivity index (χ0n) is 41.9. The summed E-state index contributed by atoms with van der Waals surface area (Å²) in [7, 11) is 0. The van der Waals surface area contributed by atoms with Crippen LogP contribution in [0.15, 0.2) is 112 Å². The average molecular weight is 1020 g/mol. The van der Waals surface area contributed by atoms with Crippen LogP contribution in [0.5, 0.6) is 0 Å². The highest BCUT2D eigenvalue weighted by atomic mass is 16.5. The lowest BCUT2D eigenvalue weighted by Gasteiger charge is -2.21. The number of benzene rings is 4. The number of rotatable bonds is 23. The molecule has 6 amide bonds. The monoisotopic (exact) mass is 1020 g/mol. The van der Waals surface area contributed by atoms with E-state index in [-0.39, 0.29) is 36.8 Å².